The fourth-order valence-corrected chi connectivity index (χ4v) is 2.62. The predicted molar refractivity (Wildman–Crippen MR) is 99.2 cm³/mol. The number of nitrogens with zero attached hydrogens (tertiary/aromatic N) is 2. The van der Waals surface area contributed by atoms with Gasteiger partial charge in [-0.2, -0.15) is 5.26 Å². The van der Waals surface area contributed by atoms with Gasteiger partial charge in [0.15, 0.2) is 11.5 Å². The van der Waals surface area contributed by atoms with Crippen LogP contribution in [0.1, 0.15) is 16.1 Å². The van der Waals surface area contributed by atoms with E-state index in [1.165, 1.54) is 0 Å². The molecule has 4 rings (SSSR count). The van der Waals surface area contributed by atoms with Crippen LogP contribution >= 0.6 is 0 Å². The number of amides is 1. The van der Waals surface area contributed by atoms with Gasteiger partial charge in [-0.3, -0.25) is 4.79 Å². The van der Waals surface area contributed by atoms with Crippen molar-refractivity contribution >= 4 is 23.0 Å². The predicted octanol–water partition coefficient (Wildman–Crippen LogP) is 3.68. The highest BCUT2D eigenvalue weighted by atomic mass is 16.7. The van der Waals surface area contributed by atoms with E-state index in [1.807, 2.05) is 6.07 Å². The number of pyridine rings is 1. The Kier molecular flexibility index (Phi) is 4.29. The van der Waals surface area contributed by atoms with Crippen molar-refractivity contribution in [3.05, 3.63) is 72.1 Å². The fourth-order valence-electron chi connectivity index (χ4n) is 2.62. The van der Waals surface area contributed by atoms with E-state index in [0.29, 0.717) is 34.1 Å². The van der Waals surface area contributed by atoms with Gasteiger partial charge in [-0.05, 0) is 36.4 Å². The summed E-state index contributed by atoms with van der Waals surface area (Å²) in [5.41, 5.74) is 2.75. The third-order valence-electron chi connectivity index (χ3n) is 3.95. The highest BCUT2D eigenvalue weighted by Gasteiger charge is 2.15. The average molecular weight is 358 g/mol. The van der Waals surface area contributed by atoms with Crippen LogP contribution in [0.4, 0.5) is 17.1 Å². The quantitative estimate of drug-likeness (QED) is 0.738. The van der Waals surface area contributed by atoms with Gasteiger partial charge in [0.25, 0.3) is 5.91 Å². The molecule has 1 amide bonds. The van der Waals surface area contributed by atoms with E-state index in [9.17, 15) is 4.79 Å². The zero-order chi connectivity index (χ0) is 18.6. The molecule has 27 heavy (non-hydrogen) atoms. The Hall–Kier alpha value is -4.05. The molecule has 0 saturated carbocycles. The lowest BCUT2D eigenvalue weighted by molar-refractivity contribution is 0.102. The molecule has 1 aliphatic heterocycles. The fraction of sp³-hybridized carbons (Fsp3) is 0.0500. The molecule has 0 atom stereocenters. The highest BCUT2D eigenvalue weighted by molar-refractivity contribution is 6.03. The Morgan fingerprint density at radius 1 is 1.04 bits per heavy atom. The van der Waals surface area contributed by atoms with Crippen LogP contribution in [0.5, 0.6) is 11.5 Å². The second kappa shape index (κ2) is 7.06. The first-order valence-electron chi connectivity index (χ1n) is 8.16. The number of aromatic nitrogens is 1. The van der Waals surface area contributed by atoms with Gasteiger partial charge in [-0.15, -0.1) is 0 Å². The van der Waals surface area contributed by atoms with Crippen LogP contribution in [-0.2, 0) is 0 Å². The number of para-hydroxylation sites is 1. The molecule has 0 radical (unpaired) electrons. The second-order valence-electron chi connectivity index (χ2n) is 5.74. The van der Waals surface area contributed by atoms with Gasteiger partial charge in [0, 0.05) is 11.8 Å². The van der Waals surface area contributed by atoms with Crippen LogP contribution in [0, 0.1) is 11.3 Å². The summed E-state index contributed by atoms with van der Waals surface area (Å²) >= 11 is 0. The van der Waals surface area contributed by atoms with Crippen molar-refractivity contribution < 1.29 is 14.3 Å². The zero-order valence-electron chi connectivity index (χ0n) is 14.1. The Bertz CT molecular complexity index is 1040. The lowest BCUT2D eigenvalue weighted by Crippen LogP contribution is -2.13. The van der Waals surface area contributed by atoms with E-state index >= 15 is 0 Å². The summed E-state index contributed by atoms with van der Waals surface area (Å²) < 4.78 is 10.5. The molecular formula is C20H14N4O3. The summed E-state index contributed by atoms with van der Waals surface area (Å²) in [5, 5.41) is 15.0. The minimum Gasteiger partial charge on any atom is -0.454 e. The van der Waals surface area contributed by atoms with E-state index in [-0.39, 0.29) is 18.4 Å². The molecule has 0 aliphatic carbocycles. The molecule has 7 heteroatoms. The normalized spacial score (nSPS) is 11.5. The summed E-state index contributed by atoms with van der Waals surface area (Å²) in [7, 11) is 0. The maximum absolute atomic E-state index is 12.4. The van der Waals surface area contributed by atoms with E-state index in [4.69, 9.17) is 14.7 Å². The van der Waals surface area contributed by atoms with E-state index in [2.05, 4.69) is 21.7 Å². The number of hydrogen-bond acceptors (Lipinski definition) is 6. The third kappa shape index (κ3) is 3.50. The average Bonchev–Trinajstić information content (AvgIpc) is 3.17. The number of rotatable bonds is 4. The van der Waals surface area contributed by atoms with Crippen molar-refractivity contribution in [2.75, 3.05) is 17.4 Å². The Morgan fingerprint density at radius 2 is 1.85 bits per heavy atom. The maximum atomic E-state index is 12.4. The molecule has 0 fully saturated rings. The minimum atomic E-state index is -0.335. The Morgan fingerprint density at radius 3 is 2.67 bits per heavy atom. The number of anilines is 3. The standard InChI is InChI=1S/C20H14N4O3/c21-10-13-3-1-2-4-16(13)23-15-5-7-17(22-11-15)20(25)24-14-6-8-18-19(9-14)27-12-26-18/h1-9,11,23H,12H2,(H,24,25). The number of nitrogens with one attached hydrogen (secondary N) is 2. The number of carbonyl (C=O) groups is 1. The lowest BCUT2D eigenvalue weighted by atomic mass is 10.2. The topological polar surface area (TPSA) is 96.3 Å². The van der Waals surface area contributed by atoms with Crippen molar-refractivity contribution in [2.24, 2.45) is 0 Å². The number of fused-ring (bicyclic) bond motifs is 1. The van der Waals surface area contributed by atoms with Crippen LogP contribution in [0.2, 0.25) is 0 Å². The Labute approximate surface area is 155 Å². The van der Waals surface area contributed by atoms with Crippen LogP contribution < -0.4 is 20.1 Å². The SMILES string of the molecule is N#Cc1ccccc1Nc1ccc(C(=O)Nc2ccc3c(c2)OCO3)nc1. The molecule has 0 unspecified atom stereocenters. The number of benzene rings is 2. The number of carbonyl (C=O) groups excluding carboxylic acids is 1. The van der Waals surface area contributed by atoms with Crippen LogP contribution in [-0.4, -0.2) is 17.7 Å². The molecule has 7 nitrogen and oxygen atoms in total. The first kappa shape index (κ1) is 16.4. The van der Waals surface area contributed by atoms with Gasteiger partial charge in [0.1, 0.15) is 11.8 Å². The second-order valence-corrected chi connectivity index (χ2v) is 5.74. The first-order chi connectivity index (χ1) is 13.2. The molecule has 2 aromatic carbocycles. The van der Waals surface area contributed by atoms with Crippen LogP contribution in [0.3, 0.4) is 0 Å². The minimum absolute atomic E-state index is 0.178. The molecule has 3 aromatic rings. The van der Waals surface area contributed by atoms with Gasteiger partial charge >= 0.3 is 0 Å². The number of nitriles is 1. The summed E-state index contributed by atoms with van der Waals surface area (Å²) in [5.74, 6) is 0.911. The van der Waals surface area contributed by atoms with Crippen molar-refractivity contribution in [2.45, 2.75) is 0 Å². The Balaban J connectivity index is 1.45. The molecular weight excluding hydrogens is 344 g/mol. The molecule has 0 bridgehead atoms. The largest absolute Gasteiger partial charge is 0.454 e. The van der Waals surface area contributed by atoms with Crippen LogP contribution in [0.15, 0.2) is 60.8 Å². The van der Waals surface area contributed by atoms with Crippen molar-refractivity contribution in [1.82, 2.24) is 4.98 Å². The molecule has 1 aromatic heterocycles. The summed E-state index contributed by atoms with van der Waals surface area (Å²) in [6.45, 7) is 0.178. The number of ether oxygens (including phenoxy) is 2. The van der Waals surface area contributed by atoms with E-state index < -0.39 is 0 Å². The van der Waals surface area contributed by atoms with Gasteiger partial charge in [-0.1, -0.05) is 12.1 Å². The molecule has 0 spiro atoms. The van der Waals surface area contributed by atoms with Gasteiger partial charge in [0.05, 0.1) is 23.1 Å². The zero-order valence-corrected chi connectivity index (χ0v) is 14.1. The number of hydrogen-bond donors (Lipinski definition) is 2. The van der Waals surface area contributed by atoms with Crippen LogP contribution in [0.25, 0.3) is 0 Å². The van der Waals surface area contributed by atoms with Crippen molar-refractivity contribution in [1.29, 1.82) is 5.26 Å². The van der Waals surface area contributed by atoms with E-state index in [0.717, 1.165) is 0 Å². The smallest absolute Gasteiger partial charge is 0.274 e. The summed E-state index contributed by atoms with van der Waals surface area (Å²) in [4.78, 5) is 16.6. The summed E-state index contributed by atoms with van der Waals surface area (Å²) in [6, 6.07) is 17.8. The van der Waals surface area contributed by atoms with Crippen molar-refractivity contribution in [3.63, 3.8) is 0 Å². The molecule has 0 saturated heterocycles. The first-order valence-corrected chi connectivity index (χ1v) is 8.16. The third-order valence-corrected chi connectivity index (χ3v) is 3.95. The maximum Gasteiger partial charge on any atom is 0.274 e. The van der Waals surface area contributed by atoms with E-state index in [1.54, 1.807) is 54.7 Å². The molecule has 2 heterocycles. The van der Waals surface area contributed by atoms with Gasteiger partial charge in [-0.25, -0.2) is 4.98 Å². The molecule has 2 N–H and O–H groups in total. The summed E-state index contributed by atoms with van der Waals surface area (Å²) in [6.07, 6.45) is 1.54. The van der Waals surface area contributed by atoms with Gasteiger partial charge < -0.3 is 20.1 Å². The van der Waals surface area contributed by atoms with Crippen molar-refractivity contribution in [3.8, 4) is 17.6 Å². The molecule has 1 aliphatic rings. The monoisotopic (exact) mass is 358 g/mol. The highest BCUT2D eigenvalue weighted by Crippen LogP contribution is 2.34. The lowest BCUT2D eigenvalue weighted by Gasteiger charge is -2.09. The molecule has 132 valence electrons. The van der Waals surface area contributed by atoms with Gasteiger partial charge in [0.2, 0.25) is 6.79 Å².